The first kappa shape index (κ1) is 7.81. The van der Waals surface area contributed by atoms with Crippen LogP contribution < -0.4 is 0 Å². The van der Waals surface area contributed by atoms with E-state index in [9.17, 15) is 4.79 Å². The zero-order valence-electron chi connectivity index (χ0n) is 4.69. The summed E-state index contributed by atoms with van der Waals surface area (Å²) in [5.74, 6) is -0.974. The Bertz CT molecular complexity index is 269. The van der Waals surface area contributed by atoms with Gasteiger partial charge < -0.3 is 10.1 Å². The van der Waals surface area contributed by atoms with E-state index in [1.165, 1.54) is 0 Å². The Morgan fingerprint density at radius 3 is 2.40 bits per heavy atom. The van der Waals surface area contributed by atoms with E-state index in [1.54, 1.807) is 6.20 Å². The molecule has 0 radical (unpaired) electrons. The summed E-state index contributed by atoms with van der Waals surface area (Å²) in [6, 6.07) is 0. The molecule has 0 aromatic carbocycles. The molecule has 54 valence electrons. The molecule has 10 heavy (non-hydrogen) atoms. The molecule has 0 saturated heterocycles. The van der Waals surface area contributed by atoms with Crippen LogP contribution in [0, 0.1) is 0 Å². The van der Waals surface area contributed by atoms with Crippen LogP contribution in [-0.4, -0.2) is 16.1 Å². The molecule has 1 aromatic rings. The largest absolute Gasteiger partial charge is 0.477 e. The average Bonchev–Trinajstić information content (AvgIpc) is 2.14. The van der Waals surface area contributed by atoms with Crippen molar-refractivity contribution in [1.29, 1.82) is 0 Å². The topological polar surface area (TPSA) is 53.1 Å². The third kappa shape index (κ3) is 1.24. The Labute approximate surface area is 73.7 Å². The molecule has 0 atom stereocenters. The Balaban J connectivity index is 3.17. The maximum Gasteiger partial charge on any atom is 0.353 e. The fourth-order valence-electron chi connectivity index (χ4n) is 0.537. The van der Waals surface area contributed by atoms with Gasteiger partial charge in [0.2, 0.25) is 0 Å². The first-order valence-electron chi connectivity index (χ1n) is 2.38. The molecule has 1 rings (SSSR count). The minimum atomic E-state index is -0.974. The van der Waals surface area contributed by atoms with E-state index < -0.39 is 5.97 Å². The van der Waals surface area contributed by atoms with Gasteiger partial charge in [-0.05, 0) is 31.9 Å². The first-order chi connectivity index (χ1) is 4.63. The average molecular weight is 269 g/mol. The van der Waals surface area contributed by atoms with Gasteiger partial charge in [0.15, 0.2) is 0 Å². The highest BCUT2D eigenvalue weighted by Gasteiger charge is 2.11. The van der Waals surface area contributed by atoms with E-state index in [0.29, 0.717) is 8.95 Å². The SMILES string of the molecule is O=C(O)c1[nH]cc(Br)c1Br. The zero-order valence-corrected chi connectivity index (χ0v) is 7.86. The number of nitrogens with one attached hydrogen (secondary N) is 1. The van der Waals surface area contributed by atoms with Crippen LogP contribution in [0.3, 0.4) is 0 Å². The number of H-pyrrole nitrogens is 1. The maximum atomic E-state index is 10.4. The summed E-state index contributed by atoms with van der Waals surface area (Å²) in [5.41, 5.74) is 0.159. The number of hydrogen-bond donors (Lipinski definition) is 2. The molecular formula is C5H3Br2NO2. The molecule has 0 aliphatic rings. The highest BCUT2D eigenvalue weighted by Crippen LogP contribution is 2.25. The summed E-state index contributed by atoms with van der Waals surface area (Å²) in [5, 5.41) is 8.50. The Morgan fingerprint density at radius 2 is 2.20 bits per heavy atom. The Kier molecular flexibility index (Phi) is 2.15. The molecule has 0 amide bonds. The quantitative estimate of drug-likeness (QED) is 0.821. The van der Waals surface area contributed by atoms with Crippen LogP contribution in [0.2, 0.25) is 0 Å². The summed E-state index contributed by atoms with van der Waals surface area (Å²) in [7, 11) is 0. The maximum absolute atomic E-state index is 10.4. The van der Waals surface area contributed by atoms with Crippen molar-refractivity contribution in [1.82, 2.24) is 4.98 Å². The second-order valence-corrected chi connectivity index (χ2v) is 3.28. The number of rotatable bonds is 1. The lowest BCUT2D eigenvalue weighted by Crippen LogP contribution is -1.96. The molecule has 0 unspecified atom stereocenters. The Hall–Kier alpha value is -0.290. The van der Waals surface area contributed by atoms with Crippen molar-refractivity contribution in [2.24, 2.45) is 0 Å². The third-order valence-corrected chi connectivity index (χ3v) is 2.97. The van der Waals surface area contributed by atoms with Crippen molar-refractivity contribution in [2.75, 3.05) is 0 Å². The normalized spacial score (nSPS) is 9.80. The van der Waals surface area contributed by atoms with Gasteiger partial charge in [0.1, 0.15) is 5.69 Å². The van der Waals surface area contributed by atoms with Gasteiger partial charge in [-0.15, -0.1) is 0 Å². The molecule has 5 heteroatoms. The fraction of sp³-hybridized carbons (Fsp3) is 0. The molecular weight excluding hydrogens is 266 g/mol. The van der Waals surface area contributed by atoms with Crippen LogP contribution >= 0.6 is 31.9 Å². The van der Waals surface area contributed by atoms with Gasteiger partial charge in [0.25, 0.3) is 0 Å². The molecule has 0 aliphatic heterocycles. The first-order valence-corrected chi connectivity index (χ1v) is 3.97. The molecule has 1 heterocycles. The van der Waals surface area contributed by atoms with E-state index in [1.807, 2.05) is 0 Å². The molecule has 0 spiro atoms. The van der Waals surface area contributed by atoms with Gasteiger partial charge >= 0.3 is 5.97 Å². The highest BCUT2D eigenvalue weighted by atomic mass is 79.9. The molecule has 0 bridgehead atoms. The number of carboxylic acid groups (broad SMARTS) is 1. The second-order valence-electron chi connectivity index (χ2n) is 1.63. The van der Waals surface area contributed by atoms with Crippen molar-refractivity contribution >= 4 is 37.8 Å². The van der Waals surface area contributed by atoms with Crippen LogP contribution in [0.1, 0.15) is 10.5 Å². The number of hydrogen-bond acceptors (Lipinski definition) is 1. The third-order valence-electron chi connectivity index (χ3n) is 0.986. The van der Waals surface area contributed by atoms with E-state index >= 15 is 0 Å². The van der Waals surface area contributed by atoms with E-state index in [4.69, 9.17) is 5.11 Å². The number of aromatic carboxylic acids is 1. The summed E-state index contributed by atoms with van der Waals surface area (Å²) in [4.78, 5) is 12.9. The van der Waals surface area contributed by atoms with Gasteiger partial charge in [0, 0.05) is 6.20 Å². The lowest BCUT2D eigenvalue weighted by molar-refractivity contribution is 0.0690. The van der Waals surface area contributed by atoms with Crippen molar-refractivity contribution in [3.63, 3.8) is 0 Å². The number of aromatic nitrogens is 1. The number of aromatic amines is 1. The van der Waals surface area contributed by atoms with Crippen molar-refractivity contribution in [3.8, 4) is 0 Å². The predicted molar refractivity (Wildman–Crippen MR) is 43.2 cm³/mol. The summed E-state index contributed by atoms with van der Waals surface area (Å²) < 4.78 is 1.25. The van der Waals surface area contributed by atoms with Crippen LogP contribution in [0.5, 0.6) is 0 Å². The summed E-state index contributed by atoms with van der Waals surface area (Å²) >= 11 is 6.23. The van der Waals surface area contributed by atoms with Crippen LogP contribution in [0.25, 0.3) is 0 Å². The number of halogens is 2. The van der Waals surface area contributed by atoms with Crippen LogP contribution in [0.4, 0.5) is 0 Å². The van der Waals surface area contributed by atoms with E-state index in [0.717, 1.165) is 0 Å². The minimum Gasteiger partial charge on any atom is -0.477 e. The predicted octanol–water partition coefficient (Wildman–Crippen LogP) is 2.24. The van der Waals surface area contributed by atoms with Crippen molar-refractivity contribution in [2.45, 2.75) is 0 Å². The molecule has 0 fully saturated rings. The van der Waals surface area contributed by atoms with Gasteiger partial charge in [-0.25, -0.2) is 4.79 Å². The van der Waals surface area contributed by atoms with Crippen molar-refractivity contribution < 1.29 is 9.90 Å². The minimum absolute atomic E-state index is 0.159. The fourth-order valence-corrected chi connectivity index (χ4v) is 1.25. The summed E-state index contributed by atoms with van der Waals surface area (Å²) in [6.45, 7) is 0. The van der Waals surface area contributed by atoms with Gasteiger partial charge in [-0.3, -0.25) is 0 Å². The standard InChI is InChI=1S/C5H3Br2NO2/c6-2-1-8-4(3(2)7)5(9)10/h1,8H,(H,9,10). The molecule has 3 nitrogen and oxygen atoms in total. The van der Waals surface area contributed by atoms with Crippen molar-refractivity contribution in [3.05, 3.63) is 20.8 Å². The van der Waals surface area contributed by atoms with Crippen LogP contribution in [-0.2, 0) is 0 Å². The monoisotopic (exact) mass is 267 g/mol. The number of carboxylic acids is 1. The molecule has 0 aliphatic carbocycles. The van der Waals surface area contributed by atoms with E-state index in [2.05, 4.69) is 36.8 Å². The molecule has 0 saturated carbocycles. The zero-order chi connectivity index (χ0) is 7.72. The van der Waals surface area contributed by atoms with Crippen LogP contribution in [0.15, 0.2) is 15.1 Å². The molecule has 2 N–H and O–H groups in total. The second kappa shape index (κ2) is 2.75. The summed E-state index contributed by atoms with van der Waals surface area (Å²) in [6.07, 6.45) is 1.56. The lowest BCUT2D eigenvalue weighted by atomic mass is 10.4. The lowest BCUT2D eigenvalue weighted by Gasteiger charge is -1.87. The smallest absolute Gasteiger partial charge is 0.353 e. The number of carbonyl (C=O) groups is 1. The molecule has 1 aromatic heterocycles. The van der Waals surface area contributed by atoms with Gasteiger partial charge in [-0.2, -0.15) is 0 Å². The highest BCUT2D eigenvalue weighted by molar-refractivity contribution is 9.13. The van der Waals surface area contributed by atoms with Gasteiger partial charge in [-0.1, -0.05) is 0 Å². The van der Waals surface area contributed by atoms with Gasteiger partial charge in [0.05, 0.1) is 8.95 Å². The van der Waals surface area contributed by atoms with E-state index in [-0.39, 0.29) is 5.69 Å². The Morgan fingerprint density at radius 1 is 1.60 bits per heavy atom.